The summed E-state index contributed by atoms with van der Waals surface area (Å²) < 4.78 is 11.5. The summed E-state index contributed by atoms with van der Waals surface area (Å²) in [6.07, 6.45) is 1.40. The predicted octanol–water partition coefficient (Wildman–Crippen LogP) is 1.52. The molecule has 0 bridgehead atoms. The minimum Gasteiger partial charge on any atom is -0.459 e. The summed E-state index contributed by atoms with van der Waals surface area (Å²) >= 11 is 1.35. The van der Waals surface area contributed by atoms with E-state index in [2.05, 4.69) is 10.3 Å². The number of nitrogens with one attached hydrogen (secondary N) is 1. The van der Waals surface area contributed by atoms with E-state index in [0.29, 0.717) is 10.7 Å². The van der Waals surface area contributed by atoms with Crippen LogP contribution in [0.2, 0.25) is 0 Å². The molecule has 130 valence electrons. The fraction of sp³-hybridized carbons (Fsp3) is 0.250. The topological polar surface area (TPSA) is 103 Å². The third-order valence-corrected chi connectivity index (χ3v) is 4.31. The summed E-state index contributed by atoms with van der Waals surface area (Å²) in [7, 11) is 0. The highest BCUT2D eigenvalue weighted by Crippen LogP contribution is 2.11. The molecule has 8 nitrogen and oxygen atoms in total. The first-order chi connectivity index (χ1) is 12.0. The molecule has 0 atom stereocenters. The molecule has 0 spiro atoms. The molecule has 3 aromatic heterocycles. The van der Waals surface area contributed by atoms with Gasteiger partial charge in [0.1, 0.15) is 6.61 Å². The van der Waals surface area contributed by atoms with E-state index >= 15 is 0 Å². The average Bonchev–Trinajstić information content (AvgIpc) is 3.23. The van der Waals surface area contributed by atoms with Gasteiger partial charge in [-0.25, -0.2) is 4.98 Å². The van der Waals surface area contributed by atoms with Gasteiger partial charge in [-0.2, -0.15) is 0 Å². The lowest BCUT2D eigenvalue weighted by molar-refractivity contribution is -0.144. The molecule has 3 heterocycles. The lowest BCUT2D eigenvalue weighted by Gasteiger charge is -2.05. The maximum absolute atomic E-state index is 12.0. The standard InChI is InChI=1S/C16H15N3O5S/c1-10-9-25-16-18-11(7-13(20)19(10)16)8-24-14(21)4-5-17-15(22)12-3-2-6-23-12/h2-3,6-7,9H,4-5,8H2,1H3,(H,17,22). The highest BCUT2D eigenvalue weighted by molar-refractivity contribution is 7.15. The van der Waals surface area contributed by atoms with Crippen LogP contribution in [0.25, 0.3) is 4.96 Å². The van der Waals surface area contributed by atoms with Gasteiger partial charge in [0.25, 0.3) is 11.5 Å². The number of amides is 1. The first-order valence-electron chi connectivity index (χ1n) is 7.48. The molecule has 0 aliphatic rings. The molecule has 3 aromatic rings. The number of ether oxygens (including phenoxy) is 1. The van der Waals surface area contributed by atoms with Crippen LogP contribution in [0.5, 0.6) is 0 Å². The monoisotopic (exact) mass is 361 g/mol. The van der Waals surface area contributed by atoms with E-state index in [1.165, 1.54) is 34.1 Å². The summed E-state index contributed by atoms with van der Waals surface area (Å²) in [5.74, 6) is -0.715. The van der Waals surface area contributed by atoms with Gasteiger partial charge in [0.05, 0.1) is 18.4 Å². The van der Waals surface area contributed by atoms with Crippen LogP contribution in [-0.4, -0.2) is 27.8 Å². The minimum absolute atomic E-state index is 0.00574. The van der Waals surface area contributed by atoms with Crippen LogP contribution in [0.4, 0.5) is 0 Å². The first-order valence-corrected chi connectivity index (χ1v) is 8.36. The Balaban J connectivity index is 1.49. The number of rotatable bonds is 6. The number of aryl methyl sites for hydroxylation is 1. The van der Waals surface area contributed by atoms with Crippen molar-refractivity contribution in [1.82, 2.24) is 14.7 Å². The number of furan rings is 1. The number of hydrogen-bond donors (Lipinski definition) is 1. The van der Waals surface area contributed by atoms with Crippen molar-refractivity contribution in [2.45, 2.75) is 20.0 Å². The molecular formula is C16H15N3O5S. The highest BCUT2D eigenvalue weighted by atomic mass is 32.1. The maximum atomic E-state index is 12.0. The second-order valence-corrected chi connectivity index (χ2v) is 6.06. The normalized spacial score (nSPS) is 10.8. The van der Waals surface area contributed by atoms with E-state index in [-0.39, 0.29) is 30.9 Å². The number of carbonyl (C=O) groups excluding carboxylic acids is 2. The molecule has 0 aliphatic carbocycles. The second kappa shape index (κ2) is 7.31. The highest BCUT2D eigenvalue weighted by Gasteiger charge is 2.11. The van der Waals surface area contributed by atoms with Gasteiger partial charge in [0.15, 0.2) is 10.7 Å². The Morgan fingerprint density at radius 2 is 2.28 bits per heavy atom. The van der Waals surface area contributed by atoms with E-state index in [4.69, 9.17) is 9.15 Å². The number of thiazole rings is 1. The summed E-state index contributed by atoms with van der Waals surface area (Å²) in [4.78, 5) is 40.2. The Morgan fingerprint density at radius 1 is 1.44 bits per heavy atom. The zero-order valence-corrected chi connectivity index (χ0v) is 14.2. The Hall–Kier alpha value is -2.94. The second-order valence-electron chi connectivity index (χ2n) is 5.22. The van der Waals surface area contributed by atoms with Gasteiger partial charge in [-0.15, -0.1) is 11.3 Å². The van der Waals surface area contributed by atoms with Crippen LogP contribution in [0.1, 0.15) is 28.4 Å². The average molecular weight is 361 g/mol. The zero-order valence-electron chi connectivity index (χ0n) is 13.4. The van der Waals surface area contributed by atoms with Gasteiger partial charge in [0, 0.05) is 23.7 Å². The van der Waals surface area contributed by atoms with E-state index in [1.54, 1.807) is 6.07 Å². The van der Waals surface area contributed by atoms with Crippen molar-refractivity contribution in [2.24, 2.45) is 0 Å². The van der Waals surface area contributed by atoms with Gasteiger partial charge in [0.2, 0.25) is 0 Å². The number of fused-ring (bicyclic) bond motifs is 1. The largest absolute Gasteiger partial charge is 0.459 e. The van der Waals surface area contributed by atoms with Crippen LogP contribution >= 0.6 is 11.3 Å². The van der Waals surface area contributed by atoms with Crippen molar-refractivity contribution in [1.29, 1.82) is 0 Å². The first kappa shape index (κ1) is 16.9. The molecule has 0 aromatic carbocycles. The van der Waals surface area contributed by atoms with Crippen molar-refractivity contribution in [2.75, 3.05) is 6.54 Å². The summed E-state index contributed by atoms with van der Waals surface area (Å²) in [6.45, 7) is 1.86. The van der Waals surface area contributed by atoms with Crippen molar-refractivity contribution < 1.29 is 18.7 Å². The fourth-order valence-corrected chi connectivity index (χ4v) is 3.07. The van der Waals surface area contributed by atoms with E-state index in [1.807, 2.05) is 12.3 Å². The molecule has 1 N–H and O–H groups in total. The molecule has 3 rings (SSSR count). The lowest BCUT2D eigenvalue weighted by atomic mass is 10.4. The molecule has 1 amide bonds. The zero-order chi connectivity index (χ0) is 17.8. The number of aromatic nitrogens is 2. The number of esters is 1. The predicted molar refractivity (Wildman–Crippen MR) is 89.5 cm³/mol. The van der Waals surface area contributed by atoms with Crippen molar-refractivity contribution in [3.8, 4) is 0 Å². The van der Waals surface area contributed by atoms with Crippen LogP contribution in [-0.2, 0) is 16.1 Å². The summed E-state index contributed by atoms with van der Waals surface area (Å²) in [5.41, 5.74) is 0.994. The Morgan fingerprint density at radius 3 is 3.04 bits per heavy atom. The molecule has 0 fully saturated rings. The molecule has 9 heteroatoms. The Bertz CT molecular complexity index is 958. The summed E-state index contributed by atoms with van der Waals surface area (Å²) in [5, 5.41) is 4.38. The van der Waals surface area contributed by atoms with Crippen LogP contribution in [0.15, 0.2) is 39.1 Å². The lowest BCUT2D eigenvalue weighted by Crippen LogP contribution is -2.26. The minimum atomic E-state index is -0.496. The molecule has 0 aliphatic heterocycles. The van der Waals surface area contributed by atoms with Crippen LogP contribution < -0.4 is 10.9 Å². The van der Waals surface area contributed by atoms with Gasteiger partial charge < -0.3 is 14.5 Å². The SMILES string of the molecule is Cc1csc2nc(COC(=O)CCNC(=O)c3ccco3)cc(=O)n12. The molecule has 0 unspecified atom stereocenters. The molecule has 25 heavy (non-hydrogen) atoms. The van der Waals surface area contributed by atoms with Crippen molar-refractivity contribution in [3.05, 3.63) is 57.3 Å². The third kappa shape index (κ3) is 3.94. The van der Waals surface area contributed by atoms with Gasteiger partial charge in [-0.05, 0) is 19.1 Å². The summed E-state index contributed by atoms with van der Waals surface area (Å²) in [6, 6.07) is 4.48. The quantitative estimate of drug-likeness (QED) is 0.668. The molecule has 0 saturated heterocycles. The van der Waals surface area contributed by atoms with Crippen molar-refractivity contribution in [3.63, 3.8) is 0 Å². The Labute approximate surface area is 146 Å². The molecule has 0 radical (unpaired) electrons. The Kier molecular flexibility index (Phi) is 4.94. The van der Waals surface area contributed by atoms with Crippen LogP contribution in [0, 0.1) is 6.92 Å². The smallest absolute Gasteiger partial charge is 0.307 e. The molecular weight excluding hydrogens is 346 g/mol. The number of hydrogen-bond acceptors (Lipinski definition) is 7. The van der Waals surface area contributed by atoms with Crippen molar-refractivity contribution >= 4 is 28.2 Å². The fourth-order valence-electron chi connectivity index (χ4n) is 2.17. The molecule has 0 saturated carbocycles. The van der Waals surface area contributed by atoms with Gasteiger partial charge >= 0.3 is 5.97 Å². The number of nitrogens with zero attached hydrogens (tertiary/aromatic N) is 2. The number of carbonyl (C=O) groups is 2. The maximum Gasteiger partial charge on any atom is 0.307 e. The van der Waals surface area contributed by atoms with Gasteiger partial charge in [-0.1, -0.05) is 0 Å². The van der Waals surface area contributed by atoms with Gasteiger partial charge in [-0.3, -0.25) is 18.8 Å². The van der Waals surface area contributed by atoms with Crippen LogP contribution in [0.3, 0.4) is 0 Å². The third-order valence-electron chi connectivity index (χ3n) is 3.37. The van der Waals surface area contributed by atoms with E-state index < -0.39 is 11.9 Å². The van der Waals surface area contributed by atoms with E-state index in [0.717, 1.165) is 5.69 Å². The van der Waals surface area contributed by atoms with E-state index in [9.17, 15) is 14.4 Å².